The number of allylic oxidation sites excluding steroid dienone is 6. The Balaban J connectivity index is 1.76. The van der Waals surface area contributed by atoms with E-state index in [9.17, 15) is 5.11 Å². The summed E-state index contributed by atoms with van der Waals surface area (Å²) in [4.78, 5) is 4.22. The van der Waals surface area contributed by atoms with Crippen molar-refractivity contribution in [2.24, 2.45) is 11.8 Å². The van der Waals surface area contributed by atoms with Gasteiger partial charge in [0.15, 0.2) is 0 Å². The molecule has 96 valence electrons. The van der Waals surface area contributed by atoms with Gasteiger partial charge in [-0.15, -0.1) is 0 Å². The maximum atomic E-state index is 9.45. The third kappa shape index (κ3) is 2.60. The number of pyridine rings is 1. The molecule has 0 amide bonds. The van der Waals surface area contributed by atoms with Crippen molar-refractivity contribution in [3.63, 3.8) is 0 Å². The quantitative estimate of drug-likeness (QED) is 0.877. The smallest absolute Gasteiger partial charge is 0.219 e. The Morgan fingerprint density at radius 2 is 1.89 bits per heavy atom. The highest BCUT2D eigenvalue weighted by atomic mass is 16.5. The molecule has 0 radical (unpaired) electrons. The number of ether oxygens (including phenoxy) is 1. The van der Waals surface area contributed by atoms with Gasteiger partial charge in [-0.3, -0.25) is 0 Å². The minimum atomic E-state index is 0.211. The van der Waals surface area contributed by atoms with Gasteiger partial charge in [0.2, 0.25) is 5.88 Å². The van der Waals surface area contributed by atoms with Crippen LogP contribution in [0.3, 0.4) is 0 Å². The molecule has 0 fully saturated rings. The predicted molar refractivity (Wildman–Crippen MR) is 73.7 cm³/mol. The number of aliphatic hydroxyl groups excluding tert-OH is 1. The molecule has 2 aliphatic carbocycles. The Labute approximate surface area is 112 Å². The van der Waals surface area contributed by atoms with Gasteiger partial charge in [0.05, 0.1) is 0 Å². The number of aromatic nitrogens is 1. The predicted octanol–water partition coefficient (Wildman–Crippen LogP) is 3.47. The summed E-state index contributed by atoms with van der Waals surface area (Å²) in [5.41, 5.74) is 1.11. The summed E-state index contributed by atoms with van der Waals surface area (Å²) < 4.78 is 5.73. The molecule has 2 unspecified atom stereocenters. The molecule has 2 aliphatic rings. The molecule has 0 aromatic carbocycles. The Morgan fingerprint density at radius 3 is 2.68 bits per heavy atom. The van der Waals surface area contributed by atoms with Crippen LogP contribution in [0.25, 0.3) is 0 Å². The molecule has 1 heterocycles. The van der Waals surface area contributed by atoms with Crippen LogP contribution in [0.2, 0.25) is 0 Å². The molecule has 1 aromatic rings. The van der Waals surface area contributed by atoms with Crippen molar-refractivity contribution < 1.29 is 9.84 Å². The highest BCUT2D eigenvalue weighted by molar-refractivity contribution is 5.34. The molecule has 0 saturated heterocycles. The number of nitrogens with zero attached hydrogens (tertiary/aromatic N) is 1. The molecular formula is C16H15NO2. The van der Waals surface area contributed by atoms with E-state index in [4.69, 9.17) is 4.74 Å². The minimum absolute atomic E-state index is 0.211. The van der Waals surface area contributed by atoms with E-state index < -0.39 is 0 Å². The van der Waals surface area contributed by atoms with Gasteiger partial charge in [0, 0.05) is 24.1 Å². The minimum Gasteiger partial charge on any atom is -0.508 e. The topological polar surface area (TPSA) is 42.4 Å². The fraction of sp³-hybridized carbons (Fsp3) is 0.188. The molecule has 0 bridgehead atoms. The molecule has 3 nitrogen and oxygen atoms in total. The lowest BCUT2D eigenvalue weighted by atomic mass is 9.84. The first-order valence-electron chi connectivity index (χ1n) is 6.30. The molecule has 0 aliphatic heterocycles. The lowest BCUT2D eigenvalue weighted by Crippen LogP contribution is -2.15. The fourth-order valence-electron chi connectivity index (χ4n) is 2.21. The van der Waals surface area contributed by atoms with Crippen LogP contribution >= 0.6 is 0 Å². The summed E-state index contributed by atoms with van der Waals surface area (Å²) in [6.07, 6.45) is 13.3. The fourth-order valence-corrected chi connectivity index (χ4v) is 2.21. The van der Waals surface area contributed by atoms with E-state index in [1.165, 1.54) is 0 Å². The Morgan fingerprint density at radius 1 is 1.11 bits per heavy atom. The zero-order chi connectivity index (χ0) is 13.2. The van der Waals surface area contributed by atoms with Gasteiger partial charge in [0.1, 0.15) is 11.5 Å². The van der Waals surface area contributed by atoms with Crippen LogP contribution in [0.1, 0.15) is 5.56 Å². The van der Waals surface area contributed by atoms with Crippen LogP contribution in [-0.2, 0) is 0 Å². The highest BCUT2D eigenvalue weighted by Crippen LogP contribution is 2.30. The second kappa shape index (κ2) is 4.76. The normalized spacial score (nSPS) is 24.5. The number of hydrogen-bond acceptors (Lipinski definition) is 3. The van der Waals surface area contributed by atoms with Crippen LogP contribution in [-0.4, -0.2) is 10.1 Å². The van der Waals surface area contributed by atoms with Gasteiger partial charge in [0.25, 0.3) is 0 Å². The van der Waals surface area contributed by atoms with Gasteiger partial charge in [-0.05, 0) is 36.8 Å². The first-order chi connectivity index (χ1) is 9.20. The second-order valence-corrected chi connectivity index (χ2v) is 4.81. The Bertz CT molecular complexity index is 594. The average molecular weight is 253 g/mol. The molecule has 1 N–H and O–H groups in total. The summed E-state index contributed by atoms with van der Waals surface area (Å²) in [5.74, 6) is 2.16. The summed E-state index contributed by atoms with van der Waals surface area (Å²) >= 11 is 0. The second-order valence-electron chi connectivity index (χ2n) is 4.81. The number of aryl methyl sites for hydroxylation is 1. The van der Waals surface area contributed by atoms with Gasteiger partial charge in [-0.25, -0.2) is 4.98 Å². The van der Waals surface area contributed by atoms with E-state index in [0.29, 0.717) is 11.6 Å². The van der Waals surface area contributed by atoms with Crippen molar-refractivity contribution in [3.8, 4) is 5.88 Å². The van der Waals surface area contributed by atoms with Crippen molar-refractivity contribution in [1.29, 1.82) is 0 Å². The Kier molecular flexibility index (Phi) is 2.95. The number of hydrogen-bond donors (Lipinski definition) is 1. The molecular weight excluding hydrogens is 238 g/mol. The largest absolute Gasteiger partial charge is 0.508 e. The van der Waals surface area contributed by atoms with E-state index >= 15 is 0 Å². The third-order valence-corrected chi connectivity index (χ3v) is 3.24. The zero-order valence-electron chi connectivity index (χ0n) is 10.7. The van der Waals surface area contributed by atoms with Crippen molar-refractivity contribution in [1.82, 2.24) is 4.98 Å². The molecule has 0 spiro atoms. The molecule has 3 rings (SSSR count). The number of fused-ring (bicyclic) bond motifs is 1. The van der Waals surface area contributed by atoms with Crippen molar-refractivity contribution in [2.45, 2.75) is 6.92 Å². The highest BCUT2D eigenvalue weighted by Gasteiger charge is 2.21. The van der Waals surface area contributed by atoms with E-state index in [1.54, 1.807) is 12.3 Å². The first kappa shape index (κ1) is 11.8. The van der Waals surface area contributed by atoms with E-state index in [0.717, 1.165) is 11.3 Å². The Hall–Kier alpha value is -2.29. The van der Waals surface area contributed by atoms with E-state index in [-0.39, 0.29) is 11.8 Å². The number of rotatable bonds is 2. The lowest BCUT2D eigenvalue weighted by molar-refractivity contribution is 0.400. The summed E-state index contributed by atoms with van der Waals surface area (Å²) in [6.45, 7) is 1.99. The van der Waals surface area contributed by atoms with Crippen LogP contribution in [0.5, 0.6) is 5.88 Å². The maximum Gasteiger partial charge on any atom is 0.219 e. The summed E-state index contributed by atoms with van der Waals surface area (Å²) in [6, 6.07) is 3.83. The molecule has 2 atom stereocenters. The molecule has 0 saturated carbocycles. The van der Waals surface area contributed by atoms with Gasteiger partial charge in [-0.1, -0.05) is 18.2 Å². The van der Waals surface area contributed by atoms with Gasteiger partial charge >= 0.3 is 0 Å². The molecule has 19 heavy (non-hydrogen) atoms. The van der Waals surface area contributed by atoms with Crippen LogP contribution < -0.4 is 4.74 Å². The maximum absolute atomic E-state index is 9.45. The third-order valence-electron chi connectivity index (χ3n) is 3.24. The molecule has 1 aromatic heterocycles. The summed E-state index contributed by atoms with van der Waals surface area (Å²) in [5, 5.41) is 9.45. The lowest BCUT2D eigenvalue weighted by Gasteiger charge is -2.23. The van der Waals surface area contributed by atoms with Crippen LogP contribution in [0.15, 0.2) is 66.3 Å². The number of aliphatic hydroxyl groups is 1. The van der Waals surface area contributed by atoms with Gasteiger partial charge < -0.3 is 9.84 Å². The van der Waals surface area contributed by atoms with Crippen molar-refractivity contribution in [3.05, 3.63) is 71.9 Å². The van der Waals surface area contributed by atoms with Crippen molar-refractivity contribution in [2.75, 3.05) is 0 Å². The van der Waals surface area contributed by atoms with E-state index in [2.05, 4.69) is 4.98 Å². The van der Waals surface area contributed by atoms with Crippen LogP contribution in [0.4, 0.5) is 0 Å². The van der Waals surface area contributed by atoms with E-state index in [1.807, 2.05) is 49.4 Å². The molecule has 3 heteroatoms. The van der Waals surface area contributed by atoms with Crippen LogP contribution in [0, 0.1) is 18.8 Å². The van der Waals surface area contributed by atoms with Gasteiger partial charge in [-0.2, -0.15) is 0 Å². The zero-order valence-corrected chi connectivity index (χ0v) is 10.7. The summed E-state index contributed by atoms with van der Waals surface area (Å²) in [7, 11) is 0. The van der Waals surface area contributed by atoms with Crippen molar-refractivity contribution >= 4 is 0 Å². The average Bonchev–Trinajstić information content (AvgIpc) is 2.42. The standard InChI is InChI=1S/C16H15NO2/c1-11-2-7-16(17-10-11)19-15-6-4-12-8-14(18)5-3-13(12)9-15/h2-10,12-13,18H,1H3. The monoisotopic (exact) mass is 253 g/mol. The SMILES string of the molecule is Cc1ccc(OC2=CC3C=CC(O)=CC3C=C2)nc1. The first-order valence-corrected chi connectivity index (χ1v) is 6.30.